The van der Waals surface area contributed by atoms with E-state index < -0.39 is 10.8 Å². The van der Waals surface area contributed by atoms with Gasteiger partial charge in [-0.3, -0.25) is 0 Å². The predicted molar refractivity (Wildman–Crippen MR) is 294 cm³/mol. The second kappa shape index (κ2) is 16.0. The highest BCUT2D eigenvalue weighted by Gasteiger charge is 2.48. The minimum Gasteiger partial charge on any atom is -0.310 e. The molecule has 1 aromatic heterocycles. The average molecular weight is 908 g/mol. The predicted octanol–water partition coefficient (Wildman–Crippen LogP) is 17.9. The Balaban J connectivity index is 1.01. The van der Waals surface area contributed by atoms with Gasteiger partial charge in [0.15, 0.2) is 0 Å². The molecule has 14 rings (SSSR count). The Labute approximate surface area is 412 Å². The minimum atomic E-state index is -0.542. The lowest BCUT2D eigenvalue weighted by atomic mass is 9.67. The van der Waals surface area contributed by atoms with Crippen molar-refractivity contribution < 1.29 is 0 Å². The van der Waals surface area contributed by atoms with Crippen LogP contribution in [0.5, 0.6) is 0 Å². The fraction of sp³-hybridized carbons (Fsp3) is 0.0294. The van der Waals surface area contributed by atoms with E-state index in [4.69, 9.17) is 0 Å². The second-order valence-corrected chi connectivity index (χ2v) is 19.8. The molecular weight excluding hydrogens is 863 g/mol. The summed E-state index contributed by atoms with van der Waals surface area (Å²) in [5.41, 5.74) is 19.8. The van der Waals surface area contributed by atoms with Crippen LogP contribution in [0.25, 0.3) is 53.6 Å². The Morgan fingerprint density at radius 1 is 0.257 bits per heavy atom. The molecule has 11 aromatic carbocycles. The molecule has 2 aliphatic carbocycles. The third kappa shape index (κ3) is 5.90. The summed E-state index contributed by atoms with van der Waals surface area (Å²) in [6.45, 7) is 0. The first-order valence-corrected chi connectivity index (χ1v) is 25.1. The number of benzene rings is 11. The van der Waals surface area contributed by atoms with Crippen LogP contribution >= 0.6 is 11.3 Å². The van der Waals surface area contributed by atoms with Gasteiger partial charge in [-0.15, -0.1) is 11.3 Å². The molecule has 2 heteroatoms. The molecule has 70 heavy (non-hydrogen) atoms. The van der Waals surface area contributed by atoms with Gasteiger partial charge < -0.3 is 4.90 Å². The summed E-state index contributed by atoms with van der Waals surface area (Å²) in [7, 11) is 0. The van der Waals surface area contributed by atoms with Gasteiger partial charge in [-0.1, -0.05) is 218 Å². The Hall–Kier alpha value is -8.56. The van der Waals surface area contributed by atoms with Crippen LogP contribution in [0.3, 0.4) is 0 Å². The van der Waals surface area contributed by atoms with E-state index in [9.17, 15) is 0 Å². The number of nitrogens with zero attached hydrogens (tertiary/aromatic N) is 1. The van der Waals surface area contributed by atoms with Crippen LogP contribution in [0.1, 0.15) is 44.5 Å². The lowest BCUT2D eigenvalue weighted by Gasteiger charge is -2.36. The fourth-order valence-corrected chi connectivity index (χ4v) is 13.4. The highest BCUT2D eigenvalue weighted by atomic mass is 32.1. The monoisotopic (exact) mass is 907 g/mol. The van der Waals surface area contributed by atoms with Gasteiger partial charge >= 0.3 is 0 Å². The van der Waals surface area contributed by atoms with Crippen LogP contribution < -0.4 is 4.90 Å². The van der Waals surface area contributed by atoms with Gasteiger partial charge in [0, 0.05) is 37.2 Å². The maximum atomic E-state index is 2.49. The summed E-state index contributed by atoms with van der Waals surface area (Å²) in [4.78, 5) is 2.49. The first kappa shape index (κ1) is 40.5. The highest BCUT2D eigenvalue weighted by Crippen LogP contribution is 2.59. The van der Waals surface area contributed by atoms with E-state index >= 15 is 0 Å². The number of hydrogen-bond acceptors (Lipinski definition) is 2. The van der Waals surface area contributed by atoms with Gasteiger partial charge in [0.05, 0.1) is 10.8 Å². The summed E-state index contributed by atoms with van der Waals surface area (Å²) in [6, 6.07) is 102. The zero-order chi connectivity index (χ0) is 46.2. The van der Waals surface area contributed by atoms with Crippen LogP contribution in [-0.4, -0.2) is 0 Å². The quantitative estimate of drug-likeness (QED) is 0.147. The Morgan fingerprint density at radius 3 is 1.14 bits per heavy atom. The summed E-state index contributed by atoms with van der Waals surface area (Å²) in [5.74, 6) is 0. The smallest absolute Gasteiger partial charge is 0.0714 e. The van der Waals surface area contributed by atoms with E-state index in [1.807, 2.05) is 11.3 Å². The largest absolute Gasteiger partial charge is 0.310 e. The van der Waals surface area contributed by atoms with E-state index in [0.29, 0.717) is 0 Å². The van der Waals surface area contributed by atoms with E-state index in [1.165, 1.54) is 98.1 Å². The molecular formula is C68H45NS. The molecule has 0 atom stereocenters. The summed E-state index contributed by atoms with van der Waals surface area (Å²) < 4.78 is 2.64. The summed E-state index contributed by atoms with van der Waals surface area (Å²) in [6.07, 6.45) is 0. The second-order valence-electron chi connectivity index (χ2n) is 18.7. The molecule has 0 aliphatic heterocycles. The Kier molecular flexibility index (Phi) is 9.27. The van der Waals surface area contributed by atoms with Crippen molar-refractivity contribution in [2.75, 3.05) is 4.90 Å². The molecule has 0 amide bonds. The summed E-state index contributed by atoms with van der Waals surface area (Å²) >= 11 is 1.86. The van der Waals surface area contributed by atoms with Gasteiger partial charge in [0.2, 0.25) is 0 Å². The van der Waals surface area contributed by atoms with Gasteiger partial charge in [-0.2, -0.15) is 0 Å². The summed E-state index contributed by atoms with van der Waals surface area (Å²) in [5, 5.41) is 2.62. The van der Waals surface area contributed by atoms with Crippen molar-refractivity contribution in [1.29, 1.82) is 0 Å². The molecule has 0 N–H and O–H groups in total. The topological polar surface area (TPSA) is 3.24 Å². The van der Waals surface area contributed by atoms with Gasteiger partial charge in [0.1, 0.15) is 0 Å². The van der Waals surface area contributed by atoms with Crippen molar-refractivity contribution in [2.24, 2.45) is 0 Å². The van der Waals surface area contributed by atoms with E-state index in [1.54, 1.807) is 0 Å². The number of rotatable bonds is 8. The number of fused-ring (bicyclic) bond motifs is 9. The molecule has 2 aliphatic rings. The Morgan fingerprint density at radius 2 is 0.643 bits per heavy atom. The first-order valence-electron chi connectivity index (χ1n) is 24.2. The average Bonchev–Trinajstić information content (AvgIpc) is 4.07. The van der Waals surface area contributed by atoms with Gasteiger partial charge in [0.25, 0.3) is 0 Å². The van der Waals surface area contributed by atoms with E-state index in [-0.39, 0.29) is 0 Å². The SMILES string of the molecule is c1ccc(C2(c3ccccc3)c3ccccc3-c3ccc(N(c4ccc(-c5ccc6sc7ccccc7c6c5)cc4)c4ccc5c(c4)C(c4ccccc4)(c4ccccc4)c4ccccc4-5)cc32)cc1. The first-order chi connectivity index (χ1) is 34.7. The maximum absolute atomic E-state index is 2.49. The van der Waals surface area contributed by atoms with Crippen molar-refractivity contribution in [3.63, 3.8) is 0 Å². The van der Waals surface area contributed by atoms with Gasteiger partial charge in [-0.05, 0) is 132 Å². The van der Waals surface area contributed by atoms with Crippen LogP contribution in [0.2, 0.25) is 0 Å². The van der Waals surface area contributed by atoms with Crippen LogP contribution in [0.15, 0.2) is 273 Å². The molecule has 0 unspecified atom stereocenters. The molecule has 0 saturated heterocycles. The number of thiophene rings is 1. The van der Waals surface area contributed by atoms with Crippen LogP contribution in [0, 0.1) is 0 Å². The number of anilines is 3. The minimum absolute atomic E-state index is 0.542. The fourth-order valence-electron chi connectivity index (χ4n) is 12.3. The van der Waals surface area contributed by atoms with E-state index in [0.717, 1.165) is 17.1 Å². The van der Waals surface area contributed by atoms with Gasteiger partial charge in [-0.25, -0.2) is 0 Å². The van der Waals surface area contributed by atoms with Crippen molar-refractivity contribution in [2.45, 2.75) is 10.8 Å². The molecule has 12 aromatic rings. The molecule has 328 valence electrons. The maximum Gasteiger partial charge on any atom is 0.0714 e. The molecule has 0 fully saturated rings. The molecule has 0 bridgehead atoms. The Bertz CT molecular complexity index is 3670. The zero-order valence-electron chi connectivity index (χ0n) is 38.3. The van der Waals surface area contributed by atoms with Crippen LogP contribution in [-0.2, 0) is 10.8 Å². The zero-order valence-corrected chi connectivity index (χ0v) is 39.2. The van der Waals surface area contributed by atoms with Crippen molar-refractivity contribution in [3.8, 4) is 33.4 Å². The number of hydrogen-bond donors (Lipinski definition) is 0. The van der Waals surface area contributed by atoms with Crippen molar-refractivity contribution in [3.05, 3.63) is 317 Å². The van der Waals surface area contributed by atoms with Crippen LogP contribution in [0.4, 0.5) is 17.1 Å². The third-order valence-electron chi connectivity index (χ3n) is 15.2. The van der Waals surface area contributed by atoms with Crippen molar-refractivity contribution in [1.82, 2.24) is 0 Å². The molecule has 0 radical (unpaired) electrons. The lowest BCUT2D eigenvalue weighted by Crippen LogP contribution is -2.29. The standard InChI is InChI=1S/C68H45NS/c1-5-19-48(20-6-1)67(49-21-7-2-8-22-49)61-30-16-13-27-55(61)57-40-38-53(44-63(57)67)69(52-36-33-46(34-37-52)47-35-42-66-60(43-47)59-29-15-18-32-65(59)70-66)54-39-41-58-56-28-14-17-31-62(56)68(64(58)45-54,50-23-9-3-10-24-50)51-25-11-4-12-26-51/h1-45H. The molecule has 1 heterocycles. The molecule has 0 spiro atoms. The molecule has 0 saturated carbocycles. The third-order valence-corrected chi connectivity index (χ3v) is 16.4. The highest BCUT2D eigenvalue weighted by molar-refractivity contribution is 7.25. The lowest BCUT2D eigenvalue weighted by molar-refractivity contribution is 0.767. The normalized spacial score (nSPS) is 13.7. The molecule has 1 nitrogen and oxygen atoms in total. The van der Waals surface area contributed by atoms with E-state index in [2.05, 4.69) is 278 Å². The van der Waals surface area contributed by atoms with Crippen molar-refractivity contribution >= 4 is 48.6 Å².